The molecule has 148 valence electrons. The van der Waals surface area contributed by atoms with Crippen molar-refractivity contribution in [2.45, 2.75) is 32.1 Å². The van der Waals surface area contributed by atoms with E-state index in [9.17, 15) is 4.79 Å². The van der Waals surface area contributed by atoms with Gasteiger partial charge in [0.05, 0.1) is 12.0 Å². The number of aromatic nitrogens is 3. The zero-order chi connectivity index (χ0) is 20.1. The molecule has 0 fully saturated rings. The highest BCUT2D eigenvalue weighted by molar-refractivity contribution is 9.10. The molecule has 8 heteroatoms. The molecule has 0 aliphatic rings. The Morgan fingerprint density at radius 1 is 1.25 bits per heavy atom. The topological polar surface area (TPSA) is 64.2 Å². The van der Waals surface area contributed by atoms with Crippen LogP contribution in [-0.4, -0.2) is 38.4 Å². The number of hydrogen-bond donors (Lipinski definition) is 0. The zero-order valence-corrected chi connectivity index (χ0v) is 18.5. The Morgan fingerprint density at radius 3 is 2.64 bits per heavy atom. The van der Waals surface area contributed by atoms with E-state index >= 15 is 0 Å². The van der Waals surface area contributed by atoms with E-state index in [0.717, 1.165) is 21.7 Å². The van der Waals surface area contributed by atoms with Gasteiger partial charge in [0.15, 0.2) is 16.7 Å². The van der Waals surface area contributed by atoms with Gasteiger partial charge in [-0.25, -0.2) is 0 Å². The van der Waals surface area contributed by atoms with Gasteiger partial charge in [-0.2, -0.15) is 0 Å². The molecule has 3 rings (SSSR count). The third kappa shape index (κ3) is 5.26. The highest BCUT2D eigenvalue weighted by atomic mass is 79.9. The van der Waals surface area contributed by atoms with Crippen LogP contribution in [0.2, 0.25) is 0 Å². The van der Waals surface area contributed by atoms with Gasteiger partial charge < -0.3 is 9.32 Å². The van der Waals surface area contributed by atoms with Crippen LogP contribution < -0.4 is 0 Å². The van der Waals surface area contributed by atoms with E-state index in [4.69, 9.17) is 4.42 Å². The smallest absolute Gasteiger partial charge is 0.233 e. The molecule has 0 spiro atoms. The van der Waals surface area contributed by atoms with Gasteiger partial charge >= 0.3 is 0 Å². The Labute approximate surface area is 177 Å². The maximum absolute atomic E-state index is 12.6. The van der Waals surface area contributed by atoms with E-state index in [0.29, 0.717) is 29.8 Å². The first kappa shape index (κ1) is 20.7. The van der Waals surface area contributed by atoms with E-state index in [1.165, 1.54) is 11.8 Å². The lowest BCUT2D eigenvalue weighted by Gasteiger charge is -2.17. The Hall–Kier alpha value is -2.06. The van der Waals surface area contributed by atoms with Gasteiger partial charge in [-0.15, -0.1) is 10.2 Å². The van der Waals surface area contributed by atoms with Crippen LogP contribution in [0.15, 0.2) is 56.7 Å². The highest BCUT2D eigenvalue weighted by Crippen LogP contribution is 2.25. The summed E-state index contributed by atoms with van der Waals surface area (Å²) in [4.78, 5) is 14.3. The number of carbonyl (C=O) groups excluding carboxylic acids is 1. The predicted molar refractivity (Wildman–Crippen MR) is 114 cm³/mol. The van der Waals surface area contributed by atoms with Crippen molar-refractivity contribution in [2.75, 3.05) is 12.8 Å². The van der Waals surface area contributed by atoms with Crippen LogP contribution in [0.25, 0.3) is 11.6 Å². The molecule has 0 saturated heterocycles. The van der Waals surface area contributed by atoms with Crippen LogP contribution in [0.5, 0.6) is 0 Å². The van der Waals surface area contributed by atoms with Crippen molar-refractivity contribution in [2.24, 2.45) is 5.92 Å². The molecule has 0 saturated carbocycles. The quantitative estimate of drug-likeness (QED) is 0.453. The maximum atomic E-state index is 12.6. The Kier molecular flexibility index (Phi) is 6.96. The Bertz CT molecular complexity index is 907. The van der Waals surface area contributed by atoms with E-state index < -0.39 is 0 Å². The number of benzene rings is 1. The SMILES string of the molecule is CC(C)Cn1c(SCC(=O)N(C)Cc2ccc(Br)cc2)nnc1-c1ccco1. The number of furan rings is 1. The van der Waals surface area contributed by atoms with Crippen LogP contribution in [0, 0.1) is 5.92 Å². The molecule has 1 amide bonds. The van der Waals surface area contributed by atoms with Crippen molar-refractivity contribution in [1.82, 2.24) is 19.7 Å². The molecule has 0 aliphatic heterocycles. The number of thioether (sulfide) groups is 1. The Morgan fingerprint density at radius 2 is 2.00 bits per heavy atom. The summed E-state index contributed by atoms with van der Waals surface area (Å²) >= 11 is 4.83. The summed E-state index contributed by atoms with van der Waals surface area (Å²) in [5.74, 6) is 2.14. The minimum absolute atomic E-state index is 0.0477. The summed E-state index contributed by atoms with van der Waals surface area (Å²) in [6.45, 7) is 5.60. The largest absolute Gasteiger partial charge is 0.461 e. The van der Waals surface area contributed by atoms with E-state index in [1.807, 2.05) is 48.0 Å². The number of halogens is 1. The molecule has 1 aromatic carbocycles. The van der Waals surface area contributed by atoms with E-state index in [-0.39, 0.29) is 5.91 Å². The van der Waals surface area contributed by atoms with E-state index in [1.54, 1.807) is 11.2 Å². The fourth-order valence-corrected chi connectivity index (χ4v) is 3.85. The van der Waals surface area contributed by atoms with Crippen molar-refractivity contribution < 1.29 is 9.21 Å². The molecule has 0 aliphatic carbocycles. The molecular weight excluding hydrogens is 440 g/mol. The number of carbonyl (C=O) groups is 1. The number of hydrogen-bond acceptors (Lipinski definition) is 5. The summed E-state index contributed by atoms with van der Waals surface area (Å²) in [6.07, 6.45) is 1.62. The lowest BCUT2D eigenvalue weighted by Crippen LogP contribution is -2.28. The average Bonchev–Trinajstić information content (AvgIpc) is 3.31. The van der Waals surface area contributed by atoms with Crippen molar-refractivity contribution >= 4 is 33.6 Å². The monoisotopic (exact) mass is 462 g/mol. The summed E-state index contributed by atoms with van der Waals surface area (Å²) in [7, 11) is 1.82. The highest BCUT2D eigenvalue weighted by Gasteiger charge is 2.19. The molecule has 0 bridgehead atoms. The third-order valence-corrected chi connectivity index (χ3v) is 5.57. The van der Waals surface area contributed by atoms with Crippen molar-refractivity contribution in [3.63, 3.8) is 0 Å². The van der Waals surface area contributed by atoms with Crippen LogP contribution in [0.1, 0.15) is 19.4 Å². The average molecular weight is 463 g/mol. The molecule has 0 radical (unpaired) electrons. The molecule has 3 aromatic rings. The number of amides is 1. The normalized spacial score (nSPS) is 11.2. The number of nitrogens with zero attached hydrogens (tertiary/aromatic N) is 4. The molecule has 28 heavy (non-hydrogen) atoms. The first-order valence-electron chi connectivity index (χ1n) is 9.02. The summed E-state index contributed by atoms with van der Waals surface area (Å²) in [5, 5.41) is 9.30. The molecule has 0 unspecified atom stereocenters. The van der Waals surface area contributed by atoms with Crippen molar-refractivity contribution in [1.29, 1.82) is 0 Å². The van der Waals surface area contributed by atoms with Gasteiger partial charge in [0, 0.05) is 24.6 Å². The summed E-state index contributed by atoms with van der Waals surface area (Å²) in [5.41, 5.74) is 1.09. The van der Waals surface area contributed by atoms with Gasteiger partial charge in [-0.3, -0.25) is 9.36 Å². The zero-order valence-electron chi connectivity index (χ0n) is 16.1. The minimum Gasteiger partial charge on any atom is -0.461 e. The molecule has 2 heterocycles. The summed E-state index contributed by atoms with van der Waals surface area (Å²) < 4.78 is 8.53. The van der Waals surface area contributed by atoms with Gasteiger partial charge in [-0.05, 0) is 35.7 Å². The second-order valence-corrected chi connectivity index (χ2v) is 8.81. The van der Waals surface area contributed by atoms with Gasteiger partial charge in [0.1, 0.15) is 0 Å². The first-order chi connectivity index (χ1) is 13.4. The summed E-state index contributed by atoms with van der Waals surface area (Å²) in [6, 6.07) is 11.7. The van der Waals surface area contributed by atoms with Crippen LogP contribution in [0.3, 0.4) is 0 Å². The van der Waals surface area contributed by atoms with Crippen LogP contribution in [-0.2, 0) is 17.9 Å². The van der Waals surface area contributed by atoms with Gasteiger partial charge in [-0.1, -0.05) is 53.7 Å². The number of rotatable bonds is 8. The lowest BCUT2D eigenvalue weighted by atomic mass is 10.2. The maximum Gasteiger partial charge on any atom is 0.233 e. The van der Waals surface area contributed by atoms with Crippen molar-refractivity contribution in [3.05, 3.63) is 52.7 Å². The third-order valence-electron chi connectivity index (χ3n) is 4.09. The fraction of sp³-hybridized carbons (Fsp3) is 0.350. The second kappa shape index (κ2) is 9.43. The Balaban J connectivity index is 1.66. The molecule has 2 aromatic heterocycles. The lowest BCUT2D eigenvalue weighted by molar-refractivity contribution is -0.127. The predicted octanol–water partition coefficient (Wildman–Crippen LogP) is 4.71. The molecule has 0 atom stereocenters. The molecular formula is C20H23BrN4O2S. The second-order valence-electron chi connectivity index (χ2n) is 6.95. The van der Waals surface area contributed by atoms with Gasteiger partial charge in [0.25, 0.3) is 0 Å². The molecule has 0 N–H and O–H groups in total. The van der Waals surface area contributed by atoms with Crippen LogP contribution in [0.4, 0.5) is 0 Å². The minimum atomic E-state index is 0.0477. The van der Waals surface area contributed by atoms with Crippen LogP contribution >= 0.6 is 27.7 Å². The fourth-order valence-electron chi connectivity index (χ4n) is 2.70. The first-order valence-corrected chi connectivity index (χ1v) is 10.8. The van der Waals surface area contributed by atoms with E-state index in [2.05, 4.69) is 40.0 Å². The standard InChI is InChI=1S/C20H23BrN4O2S/c1-14(2)11-25-19(17-5-4-10-27-17)22-23-20(25)28-13-18(26)24(3)12-15-6-8-16(21)9-7-15/h4-10,14H,11-13H2,1-3H3. The van der Waals surface area contributed by atoms with Gasteiger partial charge in [0.2, 0.25) is 5.91 Å². The molecule has 6 nitrogen and oxygen atoms in total. The van der Waals surface area contributed by atoms with Crippen molar-refractivity contribution in [3.8, 4) is 11.6 Å².